The maximum Gasteiger partial charge on any atom is 0.0474 e. The van der Waals surface area contributed by atoms with E-state index >= 15 is 0 Å². The summed E-state index contributed by atoms with van der Waals surface area (Å²) in [5.41, 5.74) is 0. The van der Waals surface area contributed by atoms with Gasteiger partial charge in [0.1, 0.15) is 0 Å². The lowest BCUT2D eigenvalue weighted by molar-refractivity contribution is 0.138. The van der Waals surface area contributed by atoms with E-state index in [-0.39, 0.29) is 0 Å². The summed E-state index contributed by atoms with van der Waals surface area (Å²) >= 11 is 0. The first-order valence-corrected chi connectivity index (χ1v) is 6.16. The molecule has 1 fully saturated rings. The summed E-state index contributed by atoms with van der Waals surface area (Å²) in [4.78, 5) is 2.57. The van der Waals surface area contributed by atoms with Gasteiger partial charge in [0, 0.05) is 26.3 Å². The summed E-state index contributed by atoms with van der Waals surface area (Å²) in [7, 11) is 3.84. The Bertz CT molecular complexity index is 156. The maximum absolute atomic E-state index is 5.07. The van der Waals surface area contributed by atoms with Crippen molar-refractivity contribution < 1.29 is 4.74 Å². The van der Waals surface area contributed by atoms with Gasteiger partial charge in [-0.1, -0.05) is 0 Å². The van der Waals surface area contributed by atoms with Crippen molar-refractivity contribution in [2.24, 2.45) is 5.92 Å². The van der Waals surface area contributed by atoms with Crippen LogP contribution in [0.3, 0.4) is 0 Å². The first-order valence-electron chi connectivity index (χ1n) is 6.16. The van der Waals surface area contributed by atoms with Gasteiger partial charge in [-0.2, -0.15) is 0 Å². The molecule has 0 aromatic carbocycles. The average Bonchev–Trinajstić information content (AvgIpc) is 2.29. The van der Waals surface area contributed by atoms with Crippen LogP contribution in [0.25, 0.3) is 0 Å². The largest absolute Gasteiger partial charge is 0.385 e. The third-order valence-corrected chi connectivity index (χ3v) is 3.62. The number of methoxy groups -OCH3 is 1. The van der Waals surface area contributed by atoms with Crippen LogP contribution in [-0.2, 0) is 4.74 Å². The van der Waals surface area contributed by atoms with Crippen LogP contribution in [-0.4, -0.2) is 51.3 Å². The van der Waals surface area contributed by atoms with E-state index in [2.05, 4.69) is 24.2 Å². The van der Waals surface area contributed by atoms with Gasteiger partial charge in [0.25, 0.3) is 0 Å². The molecule has 0 spiro atoms. The molecule has 0 aromatic heterocycles. The number of nitrogens with one attached hydrogen (secondary N) is 1. The van der Waals surface area contributed by atoms with Crippen molar-refractivity contribution in [3.05, 3.63) is 0 Å². The molecule has 3 nitrogen and oxygen atoms in total. The van der Waals surface area contributed by atoms with Crippen molar-refractivity contribution in [2.45, 2.75) is 32.2 Å². The van der Waals surface area contributed by atoms with Crippen LogP contribution in [0.4, 0.5) is 0 Å². The minimum absolute atomic E-state index is 0.672. The zero-order valence-electron chi connectivity index (χ0n) is 10.5. The molecule has 1 aliphatic heterocycles. The van der Waals surface area contributed by atoms with Crippen LogP contribution in [0.5, 0.6) is 0 Å². The van der Waals surface area contributed by atoms with Gasteiger partial charge in [0.2, 0.25) is 0 Å². The van der Waals surface area contributed by atoms with E-state index in [9.17, 15) is 0 Å². The molecular weight excluding hydrogens is 188 g/mol. The minimum atomic E-state index is 0.672. The number of hydrogen-bond acceptors (Lipinski definition) is 3. The number of nitrogens with zero attached hydrogens (tertiary/aromatic N) is 1. The second-order valence-corrected chi connectivity index (χ2v) is 4.60. The molecule has 1 heterocycles. The molecule has 0 aliphatic carbocycles. The topological polar surface area (TPSA) is 24.5 Å². The molecule has 1 rings (SSSR count). The van der Waals surface area contributed by atoms with Crippen LogP contribution in [0.2, 0.25) is 0 Å². The average molecular weight is 214 g/mol. The fourth-order valence-corrected chi connectivity index (χ4v) is 2.34. The van der Waals surface area contributed by atoms with E-state index in [1.54, 1.807) is 7.11 Å². The summed E-state index contributed by atoms with van der Waals surface area (Å²) in [6.45, 7) is 6.92. The highest BCUT2D eigenvalue weighted by molar-refractivity contribution is 4.78. The van der Waals surface area contributed by atoms with Gasteiger partial charge in [-0.15, -0.1) is 0 Å². The van der Waals surface area contributed by atoms with Gasteiger partial charge in [0.15, 0.2) is 0 Å². The molecule has 1 N–H and O–H groups in total. The Kier molecular flexibility index (Phi) is 6.22. The first-order chi connectivity index (χ1) is 7.27. The molecular formula is C12H26N2O. The standard InChI is InChI=1S/C12H26N2O/c1-11(13-2)12-5-8-14(9-6-12)7-4-10-15-3/h11-13H,4-10H2,1-3H3. The summed E-state index contributed by atoms with van der Waals surface area (Å²) in [6, 6.07) is 0.672. The van der Waals surface area contributed by atoms with Gasteiger partial charge in [-0.05, 0) is 52.2 Å². The van der Waals surface area contributed by atoms with E-state index in [0.717, 1.165) is 12.5 Å². The summed E-state index contributed by atoms with van der Waals surface area (Å²) in [6.07, 6.45) is 3.85. The van der Waals surface area contributed by atoms with Crippen LogP contribution >= 0.6 is 0 Å². The molecule has 1 atom stereocenters. The zero-order chi connectivity index (χ0) is 11.1. The number of hydrogen-bond donors (Lipinski definition) is 1. The molecule has 15 heavy (non-hydrogen) atoms. The van der Waals surface area contributed by atoms with Crippen molar-refractivity contribution in [1.29, 1.82) is 0 Å². The highest BCUT2D eigenvalue weighted by Gasteiger charge is 2.22. The Balaban J connectivity index is 2.12. The highest BCUT2D eigenvalue weighted by Crippen LogP contribution is 2.20. The normalized spacial score (nSPS) is 21.8. The third kappa shape index (κ3) is 4.49. The quantitative estimate of drug-likeness (QED) is 0.675. The second kappa shape index (κ2) is 7.20. The van der Waals surface area contributed by atoms with Crippen molar-refractivity contribution >= 4 is 0 Å². The van der Waals surface area contributed by atoms with Crippen LogP contribution in [0.15, 0.2) is 0 Å². The number of ether oxygens (including phenoxy) is 1. The predicted octanol–water partition coefficient (Wildman–Crippen LogP) is 1.34. The third-order valence-electron chi connectivity index (χ3n) is 3.62. The Hall–Kier alpha value is -0.120. The SMILES string of the molecule is CNC(C)C1CCN(CCCOC)CC1. The lowest BCUT2D eigenvalue weighted by Gasteiger charge is -2.34. The van der Waals surface area contributed by atoms with Crippen molar-refractivity contribution in [1.82, 2.24) is 10.2 Å². The molecule has 0 amide bonds. The van der Waals surface area contributed by atoms with Crippen molar-refractivity contribution in [3.8, 4) is 0 Å². The zero-order valence-corrected chi connectivity index (χ0v) is 10.5. The fraction of sp³-hybridized carbons (Fsp3) is 1.00. The summed E-state index contributed by atoms with van der Waals surface area (Å²) in [5.74, 6) is 0.869. The Morgan fingerprint density at radius 2 is 2.07 bits per heavy atom. The van der Waals surface area contributed by atoms with Gasteiger partial charge in [0.05, 0.1) is 0 Å². The molecule has 90 valence electrons. The summed E-state index contributed by atoms with van der Waals surface area (Å²) < 4.78 is 5.07. The monoisotopic (exact) mass is 214 g/mol. The van der Waals surface area contributed by atoms with Crippen LogP contribution in [0, 0.1) is 5.92 Å². The smallest absolute Gasteiger partial charge is 0.0474 e. The first kappa shape index (κ1) is 12.9. The maximum atomic E-state index is 5.07. The van der Waals surface area contributed by atoms with E-state index in [0.29, 0.717) is 6.04 Å². The predicted molar refractivity (Wildman–Crippen MR) is 64.2 cm³/mol. The van der Waals surface area contributed by atoms with E-state index in [4.69, 9.17) is 4.74 Å². The highest BCUT2D eigenvalue weighted by atomic mass is 16.5. The van der Waals surface area contributed by atoms with E-state index in [1.165, 1.54) is 38.9 Å². The molecule has 1 unspecified atom stereocenters. The van der Waals surface area contributed by atoms with E-state index < -0.39 is 0 Å². The summed E-state index contributed by atoms with van der Waals surface area (Å²) in [5, 5.41) is 3.36. The molecule has 1 aliphatic rings. The van der Waals surface area contributed by atoms with E-state index in [1.807, 2.05) is 0 Å². The minimum Gasteiger partial charge on any atom is -0.385 e. The van der Waals surface area contributed by atoms with Crippen LogP contribution < -0.4 is 5.32 Å². The Labute approximate surface area is 94.2 Å². The molecule has 0 radical (unpaired) electrons. The number of rotatable bonds is 6. The second-order valence-electron chi connectivity index (χ2n) is 4.60. The molecule has 1 saturated heterocycles. The Morgan fingerprint density at radius 3 is 2.60 bits per heavy atom. The van der Waals surface area contributed by atoms with Gasteiger partial charge >= 0.3 is 0 Å². The van der Waals surface area contributed by atoms with Gasteiger partial charge in [-0.25, -0.2) is 0 Å². The van der Waals surface area contributed by atoms with Gasteiger partial charge in [-0.3, -0.25) is 0 Å². The van der Waals surface area contributed by atoms with Crippen molar-refractivity contribution in [2.75, 3.05) is 40.4 Å². The fourth-order valence-electron chi connectivity index (χ4n) is 2.34. The lowest BCUT2D eigenvalue weighted by atomic mass is 9.90. The number of piperidine rings is 1. The molecule has 0 saturated carbocycles. The van der Waals surface area contributed by atoms with Crippen molar-refractivity contribution in [3.63, 3.8) is 0 Å². The Morgan fingerprint density at radius 1 is 1.40 bits per heavy atom. The molecule has 3 heteroatoms. The lowest BCUT2D eigenvalue weighted by Crippen LogP contribution is -2.41. The molecule has 0 aromatic rings. The number of likely N-dealkylation sites (tertiary alicyclic amines) is 1. The van der Waals surface area contributed by atoms with Gasteiger partial charge < -0.3 is 15.0 Å². The van der Waals surface area contributed by atoms with Crippen LogP contribution in [0.1, 0.15) is 26.2 Å². The molecule has 0 bridgehead atoms.